The SMILES string of the molecule is FC1(F)[C@H](COCc2ccccc2)[C@@H]1/C=C\[C@@H]1[C@H](COCc2ccccc2)C1(F)F. The van der Waals surface area contributed by atoms with Gasteiger partial charge in [-0.3, -0.25) is 0 Å². The largest absolute Gasteiger partial charge is 0.376 e. The maximum absolute atomic E-state index is 14.0. The van der Waals surface area contributed by atoms with E-state index >= 15 is 0 Å². The second-order valence-electron chi connectivity index (χ2n) is 8.00. The molecule has 2 saturated carbocycles. The summed E-state index contributed by atoms with van der Waals surface area (Å²) >= 11 is 0. The predicted molar refractivity (Wildman–Crippen MR) is 105 cm³/mol. The van der Waals surface area contributed by atoms with Gasteiger partial charge in [0.05, 0.1) is 50.1 Å². The van der Waals surface area contributed by atoms with Crippen molar-refractivity contribution in [3.8, 4) is 0 Å². The van der Waals surface area contributed by atoms with Crippen molar-refractivity contribution in [2.45, 2.75) is 25.1 Å². The van der Waals surface area contributed by atoms with Crippen LogP contribution in [-0.4, -0.2) is 25.1 Å². The molecule has 2 aromatic rings. The van der Waals surface area contributed by atoms with Crippen LogP contribution in [0.15, 0.2) is 72.8 Å². The first-order valence-electron chi connectivity index (χ1n) is 10.1. The third-order valence-corrected chi connectivity index (χ3v) is 5.87. The summed E-state index contributed by atoms with van der Waals surface area (Å²) in [6.45, 7) is 0.319. The monoisotopic (exact) mass is 420 g/mol. The van der Waals surface area contributed by atoms with Gasteiger partial charge in [-0.2, -0.15) is 0 Å². The second-order valence-corrected chi connectivity index (χ2v) is 8.00. The minimum Gasteiger partial charge on any atom is -0.376 e. The number of ether oxygens (including phenoxy) is 2. The Hall–Kier alpha value is -2.18. The molecule has 0 unspecified atom stereocenters. The number of hydrogen-bond acceptors (Lipinski definition) is 2. The van der Waals surface area contributed by atoms with Gasteiger partial charge in [-0.1, -0.05) is 72.8 Å². The molecule has 0 N–H and O–H groups in total. The molecule has 160 valence electrons. The van der Waals surface area contributed by atoms with E-state index < -0.39 is 35.5 Å². The summed E-state index contributed by atoms with van der Waals surface area (Å²) in [5.74, 6) is -9.82. The van der Waals surface area contributed by atoms with Crippen LogP contribution in [0.3, 0.4) is 0 Å². The Labute approximate surface area is 173 Å². The first-order valence-corrected chi connectivity index (χ1v) is 10.1. The highest BCUT2D eigenvalue weighted by molar-refractivity contribution is 5.22. The van der Waals surface area contributed by atoms with Crippen molar-refractivity contribution < 1.29 is 27.0 Å². The summed E-state index contributed by atoms with van der Waals surface area (Å²) < 4.78 is 66.8. The second kappa shape index (κ2) is 8.52. The molecule has 30 heavy (non-hydrogen) atoms. The zero-order chi connectivity index (χ0) is 21.2. The Balaban J connectivity index is 1.22. The van der Waals surface area contributed by atoms with E-state index in [9.17, 15) is 17.6 Å². The number of rotatable bonds is 10. The molecular weight excluding hydrogens is 396 g/mol. The molecule has 6 heteroatoms. The molecule has 4 rings (SSSR count). The zero-order valence-electron chi connectivity index (χ0n) is 16.4. The molecule has 2 nitrogen and oxygen atoms in total. The molecule has 0 amide bonds. The van der Waals surface area contributed by atoms with Gasteiger partial charge in [-0.25, -0.2) is 17.6 Å². The van der Waals surface area contributed by atoms with Crippen molar-refractivity contribution in [2.75, 3.05) is 13.2 Å². The van der Waals surface area contributed by atoms with Crippen LogP contribution < -0.4 is 0 Å². The highest BCUT2D eigenvalue weighted by atomic mass is 19.3. The van der Waals surface area contributed by atoms with E-state index in [0.717, 1.165) is 11.1 Å². The van der Waals surface area contributed by atoms with Crippen LogP contribution >= 0.6 is 0 Å². The van der Waals surface area contributed by atoms with Crippen molar-refractivity contribution in [3.05, 3.63) is 83.9 Å². The summed E-state index contributed by atoms with van der Waals surface area (Å²) in [5, 5.41) is 0. The smallest absolute Gasteiger partial charge is 0.260 e. The summed E-state index contributed by atoms with van der Waals surface area (Å²) in [7, 11) is 0. The van der Waals surface area contributed by atoms with Crippen LogP contribution in [0.5, 0.6) is 0 Å². The molecule has 2 fully saturated rings. The topological polar surface area (TPSA) is 18.5 Å². The third kappa shape index (κ3) is 4.60. The first kappa shape index (κ1) is 21.1. The zero-order valence-corrected chi connectivity index (χ0v) is 16.4. The number of alkyl halides is 4. The first-order chi connectivity index (χ1) is 14.4. The normalized spacial score (nSPS) is 28.5. The van der Waals surface area contributed by atoms with Gasteiger partial charge in [0.15, 0.2) is 0 Å². The Morgan fingerprint density at radius 3 is 1.37 bits per heavy atom. The Morgan fingerprint density at radius 1 is 0.633 bits per heavy atom. The van der Waals surface area contributed by atoms with Crippen LogP contribution in [-0.2, 0) is 22.7 Å². The van der Waals surface area contributed by atoms with E-state index in [-0.39, 0.29) is 26.4 Å². The van der Waals surface area contributed by atoms with Gasteiger partial charge in [0.25, 0.3) is 11.8 Å². The Bertz CT molecular complexity index is 783. The van der Waals surface area contributed by atoms with E-state index in [0.29, 0.717) is 0 Å². The molecule has 0 heterocycles. The van der Waals surface area contributed by atoms with Gasteiger partial charge in [-0.05, 0) is 11.1 Å². The van der Waals surface area contributed by atoms with Gasteiger partial charge >= 0.3 is 0 Å². The molecule has 0 radical (unpaired) electrons. The molecule has 2 aromatic carbocycles. The van der Waals surface area contributed by atoms with Crippen LogP contribution in [0.25, 0.3) is 0 Å². The van der Waals surface area contributed by atoms with Gasteiger partial charge in [-0.15, -0.1) is 0 Å². The fourth-order valence-corrected chi connectivity index (χ4v) is 3.78. The van der Waals surface area contributed by atoms with E-state index in [1.165, 1.54) is 12.2 Å². The van der Waals surface area contributed by atoms with E-state index in [1.807, 2.05) is 60.7 Å². The average Bonchev–Trinajstić information content (AvgIpc) is 3.48. The van der Waals surface area contributed by atoms with Gasteiger partial charge in [0.2, 0.25) is 0 Å². The molecule has 0 aliphatic heterocycles. The lowest BCUT2D eigenvalue weighted by Crippen LogP contribution is -2.03. The van der Waals surface area contributed by atoms with Gasteiger partial charge < -0.3 is 9.47 Å². The highest BCUT2D eigenvalue weighted by Crippen LogP contribution is 2.59. The number of benzene rings is 2. The van der Waals surface area contributed by atoms with Crippen LogP contribution in [0.1, 0.15) is 11.1 Å². The summed E-state index contributed by atoms with van der Waals surface area (Å²) in [6.07, 6.45) is 2.48. The van der Waals surface area contributed by atoms with E-state index in [2.05, 4.69) is 0 Å². The van der Waals surface area contributed by atoms with Crippen molar-refractivity contribution in [1.29, 1.82) is 0 Å². The standard InChI is InChI=1S/C24H24F4O2/c25-23(26)19(21(23)15-29-13-17-7-3-1-4-8-17)11-12-20-22(24(20,27)28)16-30-14-18-9-5-2-6-10-18/h1-12,19-22H,13-16H2/b12-11-/t19-,20+,21+,22-. The van der Waals surface area contributed by atoms with Crippen LogP contribution in [0.2, 0.25) is 0 Å². The highest BCUT2D eigenvalue weighted by Gasteiger charge is 2.69. The molecule has 0 saturated heterocycles. The Kier molecular flexibility index (Phi) is 5.98. The molecule has 0 spiro atoms. The van der Waals surface area contributed by atoms with Crippen molar-refractivity contribution >= 4 is 0 Å². The lowest BCUT2D eigenvalue weighted by Gasteiger charge is -2.03. The summed E-state index contributed by atoms with van der Waals surface area (Å²) in [4.78, 5) is 0. The Morgan fingerprint density at radius 2 is 1.00 bits per heavy atom. The third-order valence-electron chi connectivity index (χ3n) is 5.87. The van der Waals surface area contributed by atoms with Crippen molar-refractivity contribution in [2.24, 2.45) is 23.7 Å². The predicted octanol–water partition coefficient (Wildman–Crippen LogP) is 5.74. The molecule has 4 atom stereocenters. The summed E-state index contributed by atoms with van der Waals surface area (Å²) in [5.41, 5.74) is 1.81. The van der Waals surface area contributed by atoms with Crippen LogP contribution in [0, 0.1) is 23.7 Å². The lowest BCUT2D eigenvalue weighted by atomic mass is 10.2. The fourth-order valence-electron chi connectivity index (χ4n) is 3.78. The van der Waals surface area contributed by atoms with Crippen molar-refractivity contribution in [1.82, 2.24) is 0 Å². The number of allylic oxidation sites excluding steroid dienone is 2. The molecule has 0 aromatic heterocycles. The maximum atomic E-state index is 14.0. The number of halogens is 4. The lowest BCUT2D eigenvalue weighted by molar-refractivity contribution is 0.0464. The van der Waals surface area contributed by atoms with Crippen molar-refractivity contribution in [3.63, 3.8) is 0 Å². The minimum atomic E-state index is -2.91. The molecule has 2 aliphatic rings. The molecule has 2 aliphatic carbocycles. The maximum Gasteiger partial charge on any atom is 0.260 e. The quantitative estimate of drug-likeness (QED) is 0.361. The molecular formula is C24H24F4O2. The van der Waals surface area contributed by atoms with E-state index in [1.54, 1.807) is 0 Å². The van der Waals surface area contributed by atoms with Gasteiger partial charge in [0.1, 0.15) is 0 Å². The van der Waals surface area contributed by atoms with Gasteiger partial charge in [0, 0.05) is 0 Å². The molecule has 0 bridgehead atoms. The number of hydrogen-bond donors (Lipinski definition) is 0. The average molecular weight is 420 g/mol. The van der Waals surface area contributed by atoms with Crippen LogP contribution in [0.4, 0.5) is 17.6 Å². The fraction of sp³-hybridized carbons (Fsp3) is 0.417. The van der Waals surface area contributed by atoms with E-state index in [4.69, 9.17) is 9.47 Å². The summed E-state index contributed by atoms with van der Waals surface area (Å²) in [6, 6.07) is 18.6. The minimum absolute atomic E-state index is 0.0957.